The number of hydrogen-bond acceptors (Lipinski definition) is 4. The van der Waals surface area contributed by atoms with Crippen LogP contribution in [0.2, 0.25) is 0 Å². The van der Waals surface area contributed by atoms with Gasteiger partial charge in [-0.15, -0.1) is 0 Å². The maximum atomic E-state index is 5.25. The highest BCUT2D eigenvalue weighted by Crippen LogP contribution is 2.52. The molecule has 0 amide bonds. The van der Waals surface area contributed by atoms with Crippen molar-refractivity contribution in [3.05, 3.63) is 508 Å². The van der Waals surface area contributed by atoms with Gasteiger partial charge < -0.3 is 9.47 Å². The molecule has 20 aromatic carbocycles. The number of aromatic nitrogens is 3. The normalized spacial score (nSPS) is 12.9. The van der Waals surface area contributed by atoms with Gasteiger partial charge in [-0.1, -0.05) is 428 Å². The molecule has 0 atom stereocenters. The highest BCUT2D eigenvalue weighted by molar-refractivity contribution is 7.20. The molecule has 2 aromatic heterocycles. The molecular weight excluding hydrogens is 1660 g/mol. The Bertz CT molecular complexity index is 7530. The molecule has 0 unspecified atom stereocenters. The molecule has 22 aromatic rings. The molecule has 630 valence electrons. The minimum atomic E-state index is -2.75. The van der Waals surface area contributed by atoms with E-state index in [2.05, 4.69) is 522 Å². The summed E-state index contributed by atoms with van der Waals surface area (Å²) >= 11 is 1.26. The topological polar surface area (TPSA) is 34.0 Å². The maximum Gasteiger partial charge on any atom is 0.179 e. The summed E-state index contributed by atoms with van der Waals surface area (Å²) in [6.07, 6.45) is 0. The van der Waals surface area contributed by atoms with Crippen LogP contribution in [0.5, 0.6) is 0 Å². The van der Waals surface area contributed by atoms with Gasteiger partial charge in [0, 0.05) is 44.2 Å². The fourth-order valence-corrected chi connectivity index (χ4v) is 32.2. The van der Waals surface area contributed by atoms with Crippen molar-refractivity contribution in [3.8, 4) is 106 Å². The van der Waals surface area contributed by atoms with E-state index in [4.69, 9.17) is 8.75 Å². The zero-order valence-corrected chi connectivity index (χ0v) is 77.2. The van der Waals surface area contributed by atoms with E-state index in [1.807, 2.05) is 0 Å². The molecule has 0 fully saturated rings. The lowest BCUT2D eigenvalue weighted by molar-refractivity contribution is 0.660. The average Bonchev–Trinajstić information content (AvgIpc) is 1.72. The van der Waals surface area contributed by atoms with Crippen LogP contribution in [0, 0.1) is 0 Å². The molecule has 0 N–H and O–H groups in total. The third kappa shape index (κ3) is 13.5. The number of benzene rings is 20. The molecular formula is C126H92N4SSi2. The van der Waals surface area contributed by atoms with Crippen molar-refractivity contribution in [2.75, 3.05) is 4.90 Å². The van der Waals surface area contributed by atoms with E-state index in [1.165, 1.54) is 153 Å². The van der Waals surface area contributed by atoms with Gasteiger partial charge in [-0.05, 0) is 243 Å². The highest BCUT2D eigenvalue weighted by atomic mass is 32.1. The minimum Gasteiger partial charge on any atom is -0.309 e. The van der Waals surface area contributed by atoms with Crippen molar-refractivity contribution in [2.45, 2.75) is 38.5 Å². The Morgan fingerprint density at radius 1 is 0.218 bits per heavy atom. The molecule has 24 rings (SSSR count). The quantitative estimate of drug-likeness (QED) is 0.0598. The van der Waals surface area contributed by atoms with Crippen molar-refractivity contribution in [3.63, 3.8) is 0 Å². The molecule has 2 aliphatic carbocycles. The zero-order valence-electron chi connectivity index (χ0n) is 74.4. The molecule has 0 saturated carbocycles. The summed E-state index contributed by atoms with van der Waals surface area (Å²) in [7, 11) is -5.49. The van der Waals surface area contributed by atoms with Crippen LogP contribution in [-0.2, 0) is 10.8 Å². The summed E-state index contributed by atoms with van der Waals surface area (Å²) in [6.45, 7) is 9.44. The second-order valence-corrected chi connectivity index (χ2v) is 44.9. The number of fused-ring (bicyclic) bond motifs is 10. The van der Waals surface area contributed by atoms with Gasteiger partial charge in [0.05, 0.1) is 28.4 Å². The first-order chi connectivity index (χ1) is 65.4. The predicted molar refractivity (Wildman–Crippen MR) is 567 cm³/mol. The molecule has 0 aliphatic heterocycles. The highest BCUT2D eigenvalue weighted by Gasteiger charge is 2.44. The first-order valence-electron chi connectivity index (χ1n) is 46.1. The lowest BCUT2D eigenvalue weighted by Crippen LogP contribution is -2.74. The van der Waals surface area contributed by atoms with Gasteiger partial charge in [0.1, 0.15) is 11.0 Å². The van der Waals surface area contributed by atoms with Crippen LogP contribution < -0.4 is 46.4 Å². The van der Waals surface area contributed by atoms with Crippen molar-refractivity contribution in [1.29, 1.82) is 0 Å². The van der Waals surface area contributed by atoms with Gasteiger partial charge in [0.25, 0.3) is 0 Å². The first kappa shape index (κ1) is 80.6. The smallest absolute Gasteiger partial charge is 0.179 e. The molecule has 4 nitrogen and oxygen atoms in total. The molecule has 2 aliphatic rings. The van der Waals surface area contributed by atoms with Gasteiger partial charge in [0.15, 0.2) is 16.1 Å². The predicted octanol–water partition coefficient (Wildman–Crippen LogP) is 27.3. The van der Waals surface area contributed by atoms with Crippen LogP contribution in [-0.4, -0.2) is 29.5 Å². The largest absolute Gasteiger partial charge is 0.309 e. The molecule has 0 radical (unpaired) electrons. The Labute approximate surface area is 783 Å². The van der Waals surface area contributed by atoms with Crippen molar-refractivity contribution < 1.29 is 0 Å². The Morgan fingerprint density at radius 2 is 0.481 bits per heavy atom. The fraction of sp³-hybridized carbons (Fsp3) is 0.0476. The van der Waals surface area contributed by atoms with E-state index in [1.54, 1.807) is 0 Å². The summed E-state index contributed by atoms with van der Waals surface area (Å²) in [5, 5.41) is 13.1. The van der Waals surface area contributed by atoms with Crippen LogP contribution in [0.25, 0.3) is 139 Å². The summed E-state index contributed by atoms with van der Waals surface area (Å²) in [4.78, 5) is 2.36. The standard InChI is InChI=1S/C126H92N4SSi2/c1-125(2)116-41-25-23-39-110(116)112-75-61-96(83-118(112)125)91-47-43-89(44-48-91)94-63-78-120-114(81-94)115-82-95(90-45-49-92(50-46-90)97-62-76-113-111-40-24-26-42-117(111)126(3,4)119(113)84-97)64-79-121(115)130(120)100-69-55-93(56-70-100)109-77-80-122(124-123(109)127-131-128-124)129(98-65-51-85(52-66-98)87-57-71-107(72-58-87)132(101-27-11-5-12-28-101,102-29-13-6-14-30-102)103-31-15-7-16-32-103)99-67-53-86(54-68-99)88-59-73-108(74-60-88)133(104-33-17-8-18-34-104,105-35-19-9-20-36-105)106-37-21-10-22-38-106/h5-84H,1-4H3. The third-order valence-corrected chi connectivity index (χ3v) is 39.0. The molecule has 0 spiro atoms. The van der Waals surface area contributed by atoms with E-state index in [0.717, 1.165) is 78.2 Å². The van der Waals surface area contributed by atoms with Gasteiger partial charge in [-0.2, -0.15) is 8.75 Å². The Hall–Kier alpha value is -15.7. The zero-order chi connectivity index (χ0) is 88.9. The van der Waals surface area contributed by atoms with Crippen molar-refractivity contribution >= 4 is 119 Å². The third-order valence-electron chi connectivity index (χ3n) is 28.9. The Morgan fingerprint density at radius 3 is 0.842 bits per heavy atom. The number of nitrogens with zero attached hydrogens (tertiary/aromatic N) is 4. The number of anilines is 3. The van der Waals surface area contributed by atoms with Crippen molar-refractivity contribution in [1.82, 2.24) is 13.3 Å². The minimum absolute atomic E-state index is 0.0819. The molecule has 7 heteroatoms. The van der Waals surface area contributed by atoms with E-state index < -0.39 is 16.1 Å². The Balaban J connectivity index is 0.585. The van der Waals surface area contributed by atoms with Gasteiger partial charge >= 0.3 is 0 Å². The first-order valence-corrected chi connectivity index (χ1v) is 50.9. The molecule has 0 saturated heterocycles. The monoisotopic (exact) mass is 1750 g/mol. The van der Waals surface area contributed by atoms with E-state index in [9.17, 15) is 0 Å². The van der Waals surface area contributed by atoms with Crippen molar-refractivity contribution in [2.24, 2.45) is 0 Å². The Kier molecular flexibility index (Phi) is 19.8. The van der Waals surface area contributed by atoms with Crippen LogP contribution in [0.15, 0.2) is 485 Å². The second kappa shape index (κ2) is 32.7. The molecule has 0 bridgehead atoms. The van der Waals surface area contributed by atoms with Gasteiger partial charge in [-0.3, -0.25) is 0 Å². The lowest BCUT2D eigenvalue weighted by Gasteiger charge is -2.34. The lowest BCUT2D eigenvalue weighted by atomic mass is 9.81. The van der Waals surface area contributed by atoms with Crippen LogP contribution in [0.4, 0.5) is 17.1 Å². The van der Waals surface area contributed by atoms with Gasteiger partial charge in [-0.25, -0.2) is 0 Å². The van der Waals surface area contributed by atoms with Gasteiger partial charge in [0.2, 0.25) is 0 Å². The van der Waals surface area contributed by atoms with E-state index in [-0.39, 0.29) is 10.8 Å². The maximum absolute atomic E-state index is 5.25. The number of rotatable bonds is 19. The summed E-state index contributed by atoms with van der Waals surface area (Å²) < 4.78 is 12.9. The van der Waals surface area contributed by atoms with E-state index >= 15 is 0 Å². The molecule has 133 heavy (non-hydrogen) atoms. The summed E-state index contributed by atoms with van der Waals surface area (Å²) in [5.74, 6) is 0. The van der Waals surface area contributed by atoms with Crippen LogP contribution >= 0.6 is 11.7 Å². The van der Waals surface area contributed by atoms with Crippen LogP contribution in [0.1, 0.15) is 49.9 Å². The fourth-order valence-electron chi connectivity index (χ4n) is 22.2. The summed E-state index contributed by atoms with van der Waals surface area (Å²) in [5.41, 5.74) is 34.8. The second-order valence-electron chi connectivity index (χ2n) is 36.7. The molecule has 2 heterocycles. The SMILES string of the molecule is CC1(C)c2ccccc2-c2ccc(-c3ccc(-c4ccc5c(c4)c4cc(-c6ccc(-c7ccc8c(c7)C(C)(C)c7ccccc7-8)cc6)ccc4n5-c4ccc(-c5ccc(N(c6ccc(-c7ccc([Si](c8ccccc8)(c8ccccc8)c8ccccc8)cc7)cc6)c6ccc(-c7ccc([Si](c8ccccc8)(c8ccccc8)c8ccccc8)cc7)cc6)c6nsnc56)cc4)cc3)cc21. The average molecular weight is 1750 g/mol. The van der Waals surface area contributed by atoms with Crippen LogP contribution in [0.3, 0.4) is 0 Å². The summed E-state index contributed by atoms with van der Waals surface area (Å²) in [6, 6.07) is 182. The van der Waals surface area contributed by atoms with E-state index in [0.29, 0.717) is 0 Å². The number of hydrogen-bond donors (Lipinski definition) is 0.